The molecule has 0 aliphatic heterocycles. The Morgan fingerprint density at radius 2 is 1.79 bits per heavy atom. The van der Waals surface area contributed by atoms with Crippen LogP contribution in [0.4, 0.5) is 0 Å². The number of allylic oxidation sites excluding steroid dienone is 1. The van der Waals surface area contributed by atoms with E-state index >= 15 is 0 Å². The van der Waals surface area contributed by atoms with Crippen molar-refractivity contribution in [2.45, 2.75) is 11.8 Å². The number of thiophene rings is 3. The molecule has 4 aromatic heterocycles. The largest absolute Gasteiger partial charge is 0.281 e. The summed E-state index contributed by atoms with van der Waals surface area (Å²) in [6.07, 6.45) is 5.56. The number of rotatable bonds is 3. The van der Waals surface area contributed by atoms with Gasteiger partial charge < -0.3 is 0 Å². The standard InChI is InChI=1S/C19H14N2S3/c1-3-16(23-8-1)19(17-4-2-9-24-17)7-5-14-15(11-19)20-21-18(14)13-6-10-22-12-13/h1-10,12H,11H2,(H,20,21). The molecule has 4 aromatic rings. The van der Waals surface area contributed by atoms with E-state index < -0.39 is 0 Å². The van der Waals surface area contributed by atoms with Crippen LogP contribution in [0.5, 0.6) is 0 Å². The number of aromatic amines is 1. The van der Waals surface area contributed by atoms with Gasteiger partial charge in [-0.15, -0.1) is 22.7 Å². The first kappa shape index (κ1) is 14.4. The minimum Gasteiger partial charge on any atom is -0.281 e. The fourth-order valence-corrected chi connectivity index (χ4v) is 5.96. The molecule has 5 heteroatoms. The minimum absolute atomic E-state index is 0.0756. The monoisotopic (exact) mass is 366 g/mol. The zero-order chi connectivity index (χ0) is 16.0. The van der Waals surface area contributed by atoms with Crippen LogP contribution >= 0.6 is 34.0 Å². The van der Waals surface area contributed by atoms with Crippen LogP contribution in [0.1, 0.15) is 21.0 Å². The Balaban J connectivity index is 1.66. The van der Waals surface area contributed by atoms with Gasteiger partial charge in [0, 0.05) is 38.4 Å². The van der Waals surface area contributed by atoms with Crippen LogP contribution in [0.2, 0.25) is 0 Å². The van der Waals surface area contributed by atoms with Gasteiger partial charge in [-0.1, -0.05) is 24.3 Å². The number of hydrogen-bond acceptors (Lipinski definition) is 4. The van der Waals surface area contributed by atoms with E-state index in [-0.39, 0.29) is 5.41 Å². The van der Waals surface area contributed by atoms with Crippen LogP contribution in [0.3, 0.4) is 0 Å². The first-order valence-corrected chi connectivity index (χ1v) is 10.4. The molecular formula is C19H14N2S3. The highest BCUT2D eigenvalue weighted by Crippen LogP contribution is 2.46. The molecule has 1 aliphatic rings. The van der Waals surface area contributed by atoms with Gasteiger partial charge in [0.05, 0.1) is 5.41 Å². The van der Waals surface area contributed by atoms with Gasteiger partial charge in [0.2, 0.25) is 0 Å². The number of nitrogens with zero attached hydrogens (tertiary/aromatic N) is 1. The molecule has 2 nitrogen and oxygen atoms in total. The summed E-state index contributed by atoms with van der Waals surface area (Å²) in [6.45, 7) is 0. The Labute approximate surface area is 152 Å². The molecule has 1 aliphatic carbocycles. The van der Waals surface area contributed by atoms with E-state index in [1.54, 1.807) is 11.3 Å². The fourth-order valence-electron chi connectivity index (χ4n) is 3.41. The summed E-state index contributed by atoms with van der Waals surface area (Å²) in [6, 6.07) is 10.9. The van der Waals surface area contributed by atoms with Crippen molar-refractivity contribution in [3.05, 3.63) is 78.9 Å². The summed E-state index contributed by atoms with van der Waals surface area (Å²) < 4.78 is 0. The molecule has 0 atom stereocenters. The second-order valence-corrected chi connectivity index (χ2v) is 8.59. The van der Waals surface area contributed by atoms with Crippen molar-refractivity contribution >= 4 is 40.1 Å². The second-order valence-electron chi connectivity index (χ2n) is 5.91. The lowest BCUT2D eigenvalue weighted by Crippen LogP contribution is -2.28. The SMILES string of the molecule is C1=CC(c2cccs2)(c2cccs2)Cc2[nH]nc(-c3ccsc3)c21. The molecule has 0 unspecified atom stereocenters. The number of hydrogen-bond donors (Lipinski definition) is 1. The smallest absolute Gasteiger partial charge is 0.100 e. The van der Waals surface area contributed by atoms with Gasteiger partial charge in [0.1, 0.15) is 5.69 Å². The molecule has 0 bridgehead atoms. The van der Waals surface area contributed by atoms with E-state index in [0.29, 0.717) is 0 Å². The summed E-state index contributed by atoms with van der Waals surface area (Å²) in [5.41, 5.74) is 4.64. The molecule has 5 rings (SSSR count). The third kappa shape index (κ3) is 2.09. The number of nitrogens with one attached hydrogen (secondary N) is 1. The van der Waals surface area contributed by atoms with Gasteiger partial charge >= 0.3 is 0 Å². The zero-order valence-electron chi connectivity index (χ0n) is 12.7. The third-order valence-corrected chi connectivity index (χ3v) is 7.37. The van der Waals surface area contributed by atoms with Crippen LogP contribution < -0.4 is 0 Å². The molecule has 24 heavy (non-hydrogen) atoms. The van der Waals surface area contributed by atoms with E-state index in [1.165, 1.54) is 26.6 Å². The number of fused-ring (bicyclic) bond motifs is 1. The molecule has 1 N–H and O–H groups in total. The first-order chi connectivity index (χ1) is 11.9. The summed E-state index contributed by atoms with van der Waals surface area (Å²) in [5, 5.41) is 16.5. The Bertz CT molecular complexity index is 940. The quantitative estimate of drug-likeness (QED) is 0.486. The van der Waals surface area contributed by atoms with Crippen molar-refractivity contribution in [1.29, 1.82) is 0 Å². The van der Waals surface area contributed by atoms with Gasteiger partial charge in [0.15, 0.2) is 0 Å². The molecule has 0 saturated heterocycles. The molecular weight excluding hydrogens is 352 g/mol. The van der Waals surface area contributed by atoms with E-state index in [1.807, 2.05) is 22.7 Å². The molecule has 0 amide bonds. The predicted octanol–water partition coefficient (Wildman–Crippen LogP) is 5.82. The summed E-state index contributed by atoms with van der Waals surface area (Å²) in [5.74, 6) is 0. The maximum Gasteiger partial charge on any atom is 0.100 e. The normalized spacial score (nSPS) is 15.5. The summed E-state index contributed by atoms with van der Waals surface area (Å²) in [4.78, 5) is 2.78. The average Bonchev–Trinajstić information content (AvgIpc) is 3.43. The van der Waals surface area contributed by atoms with Crippen LogP contribution in [0, 0.1) is 0 Å². The molecule has 0 aromatic carbocycles. The van der Waals surface area contributed by atoms with E-state index in [0.717, 1.165) is 12.1 Å². The number of H-pyrrole nitrogens is 1. The van der Waals surface area contributed by atoms with Gasteiger partial charge in [-0.3, -0.25) is 5.10 Å². The fraction of sp³-hybridized carbons (Fsp3) is 0.105. The van der Waals surface area contributed by atoms with Crippen molar-refractivity contribution < 1.29 is 0 Å². The van der Waals surface area contributed by atoms with Gasteiger partial charge in [-0.25, -0.2) is 0 Å². The third-order valence-electron chi connectivity index (χ3n) is 4.59. The van der Waals surface area contributed by atoms with Crippen molar-refractivity contribution in [3.8, 4) is 11.3 Å². The van der Waals surface area contributed by atoms with Crippen molar-refractivity contribution in [3.63, 3.8) is 0 Å². The van der Waals surface area contributed by atoms with Crippen LogP contribution in [-0.4, -0.2) is 10.2 Å². The van der Waals surface area contributed by atoms with Crippen molar-refractivity contribution in [1.82, 2.24) is 10.2 Å². The van der Waals surface area contributed by atoms with Crippen molar-refractivity contribution in [2.24, 2.45) is 0 Å². The Hall–Kier alpha value is -1.95. The van der Waals surface area contributed by atoms with Crippen LogP contribution in [-0.2, 0) is 11.8 Å². The second kappa shape index (κ2) is 5.55. The van der Waals surface area contributed by atoms with Gasteiger partial charge in [-0.05, 0) is 34.3 Å². The van der Waals surface area contributed by atoms with E-state index in [2.05, 4.69) is 74.2 Å². The van der Waals surface area contributed by atoms with Gasteiger partial charge in [-0.2, -0.15) is 16.4 Å². The highest BCUT2D eigenvalue weighted by Gasteiger charge is 2.38. The predicted molar refractivity (Wildman–Crippen MR) is 104 cm³/mol. The Kier molecular flexibility index (Phi) is 3.33. The molecule has 0 spiro atoms. The Morgan fingerprint density at radius 3 is 2.42 bits per heavy atom. The van der Waals surface area contributed by atoms with Crippen LogP contribution in [0.25, 0.3) is 17.3 Å². The zero-order valence-corrected chi connectivity index (χ0v) is 15.2. The average molecular weight is 367 g/mol. The maximum absolute atomic E-state index is 4.61. The lowest BCUT2D eigenvalue weighted by atomic mass is 9.75. The first-order valence-electron chi connectivity index (χ1n) is 7.74. The van der Waals surface area contributed by atoms with Crippen LogP contribution in [0.15, 0.2) is 57.9 Å². The minimum atomic E-state index is -0.0756. The maximum atomic E-state index is 4.61. The molecule has 0 fully saturated rings. The lowest BCUT2D eigenvalue weighted by Gasteiger charge is -2.31. The van der Waals surface area contributed by atoms with Crippen molar-refractivity contribution in [2.75, 3.05) is 0 Å². The molecule has 0 radical (unpaired) electrons. The van der Waals surface area contributed by atoms with E-state index in [9.17, 15) is 0 Å². The van der Waals surface area contributed by atoms with E-state index in [4.69, 9.17) is 0 Å². The topological polar surface area (TPSA) is 28.7 Å². The highest BCUT2D eigenvalue weighted by atomic mass is 32.1. The lowest BCUT2D eigenvalue weighted by molar-refractivity contribution is 0.645. The Morgan fingerprint density at radius 1 is 1.00 bits per heavy atom. The molecule has 4 heterocycles. The summed E-state index contributed by atoms with van der Waals surface area (Å²) in [7, 11) is 0. The van der Waals surface area contributed by atoms with Gasteiger partial charge in [0.25, 0.3) is 0 Å². The molecule has 118 valence electrons. The highest BCUT2D eigenvalue weighted by molar-refractivity contribution is 7.12. The molecule has 0 saturated carbocycles. The number of aromatic nitrogens is 2. The summed E-state index contributed by atoms with van der Waals surface area (Å²) >= 11 is 5.37.